The van der Waals surface area contributed by atoms with Crippen molar-refractivity contribution in [3.05, 3.63) is 71.4 Å². The minimum Gasteiger partial charge on any atom is -0.437 e. The number of hydrogen-bond donors (Lipinski definition) is 0. The van der Waals surface area contributed by atoms with Gasteiger partial charge >= 0.3 is 0 Å². The molecule has 0 fully saturated rings. The largest absolute Gasteiger partial charge is 0.437 e. The quantitative estimate of drug-likeness (QED) is 0.478. The van der Waals surface area contributed by atoms with Gasteiger partial charge in [-0.15, -0.1) is 11.3 Å². The summed E-state index contributed by atoms with van der Waals surface area (Å²) in [6.45, 7) is 0.602. The summed E-state index contributed by atoms with van der Waals surface area (Å²) in [5.74, 6) is 1.65. The highest BCUT2D eigenvalue weighted by Crippen LogP contribution is 2.40. The molecular formula is C22H18N4OS. The van der Waals surface area contributed by atoms with Crippen LogP contribution < -0.4 is 4.74 Å². The van der Waals surface area contributed by atoms with Crippen molar-refractivity contribution in [2.45, 2.75) is 6.54 Å². The first kappa shape index (κ1) is 18.1. The monoisotopic (exact) mass is 386 g/mol. The maximum atomic E-state index is 9.41. The molecule has 0 aliphatic carbocycles. The van der Waals surface area contributed by atoms with Gasteiger partial charge in [0, 0.05) is 10.9 Å². The molecule has 0 N–H and O–H groups in total. The lowest BCUT2D eigenvalue weighted by Crippen LogP contribution is -2.13. The van der Waals surface area contributed by atoms with Crippen molar-refractivity contribution < 1.29 is 4.74 Å². The molecule has 0 aliphatic rings. The van der Waals surface area contributed by atoms with Gasteiger partial charge in [-0.05, 0) is 31.8 Å². The van der Waals surface area contributed by atoms with Crippen molar-refractivity contribution in [3.63, 3.8) is 0 Å². The Kier molecular flexibility index (Phi) is 5.02. The molecule has 4 rings (SSSR count). The van der Waals surface area contributed by atoms with Crippen LogP contribution in [0.2, 0.25) is 0 Å². The zero-order valence-electron chi connectivity index (χ0n) is 15.6. The van der Waals surface area contributed by atoms with Gasteiger partial charge in [0.2, 0.25) is 5.88 Å². The molecular weight excluding hydrogens is 368 g/mol. The standard InChI is InChI=1S/C22H18N4OS/c1-26(2)13-19-24-21(27-18-11-7-6-10-16(18)12-23)20-17(14-28-22(20)25-19)15-8-4-3-5-9-15/h3-11,14H,13H2,1-2H3. The van der Waals surface area contributed by atoms with Gasteiger partial charge < -0.3 is 9.64 Å². The predicted octanol–water partition coefficient (Wildman–Crippen LogP) is 5.08. The van der Waals surface area contributed by atoms with Gasteiger partial charge in [0.15, 0.2) is 0 Å². The second kappa shape index (κ2) is 7.77. The number of nitriles is 1. The molecule has 0 spiro atoms. The summed E-state index contributed by atoms with van der Waals surface area (Å²) in [6, 6.07) is 19.5. The average Bonchev–Trinajstić information content (AvgIpc) is 3.13. The lowest BCUT2D eigenvalue weighted by molar-refractivity contribution is 0.385. The molecule has 0 saturated heterocycles. The number of benzene rings is 2. The third kappa shape index (κ3) is 3.58. The van der Waals surface area contributed by atoms with Gasteiger partial charge in [-0.2, -0.15) is 10.2 Å². The van der Waals surface area contributed by atoms with Crippen molar-refractivity contribution >= 4 is 21.6 Å². The van der Waals surface area contributed by atoms with Gasteiger partial charge in [-0.25, -0.2) is 4.98 Å². The van der Waals surface area contributed by atoms with E-state index in [0.29, 0.717) is 29.6 Å². The van der Waals surface area contributed by atoms with Crippen LogP contribution in [0.4, 0.5) is 0 Å². The zero-order chi connectivity index (χ0) is 19.5. The molecule has 2 aromatic heterocycles. The Morgan fingerprint density at radius 3 is 2.54 bits per heavy atom. The first-order valence-corrected chi connectivity index (χ1v) is 9.69. The van der Waals surface area contributed by atoms with Crippen LogP contribution in [0.3, 0.4) is 0 Å². The van der Waals surface area contributed by atoms with E-state index in [1.54, 1.807) is 23.5 Å². The van der Waals surface area contributed by atoms with E-state index in [9.17, 15) is 5.26 Å². The van der Waals surface area contributed by atoms with Crippen molar-refractivity contribution in [1.29, 1.82) is 5.26 Å². The highest BCUT2D eigenvalue weighted by Gasteiger charge is 2.18. The lowest BCUT2D eigenvalue weighted by atomic mass is 10.1. The first-order valence-electron chi connectivity index (χ1n) is 8.81. The Labute approximate surface area is 167 Å². The fraction of sp³-hybridized carbons (Fsp3) is 0.136. The molecule has 0 amide bonds. The summed E-state index contributed by atoms with van der Waals surface area (Å²) in [5.41, 5.74) is 2.58. The van der Waals surface area contributed by atoms with E-state index in [1.807, 2.05) is 49.3 Å². The van der Waals surface area contributed by atoms with Crippen molar-refractivity contribution in [2.75, 3.05) is 14.1 Å². The van der Waals surface area contributed by atoms with Gasteiger partial charge in [0.25, 0.3) is 0 Å². The molecule has 0 unspecified atom stereocenters. The summed E-state index contributed by atoms with van der Waals surface area (Å²) in [5, 5.41) is 12.4. The highest BCUT2D eigenvalue weighted by atomic mass is 32.1. The Bertz CT molecular complexity index is 1160. The second-order valence-corrected chi connectivity index (χ2v) is 7.45. The van der Waals surface area contributed by atoms with Crippen LogP contribution in [0.25, 0.3) is 21.3 Å². The topological polar surface area (TPSA) is 62.0 Å². The summed E-state index contributed by atoms with van der Waals surface area (Å²) >= 11 is 1.57. The van der Waals surface area contributed by atoms with E-state index in [-0.39, 0.29) is 0 Å². The number of thiophene rings is 1. The second-order valence-electron chi connectivity index (χ2n) is 6.59. The Balaban J connectivity index is 1.90. The molecule has 0 aliphatic heterocycles. The van der Waals surface area contributed by atoms with E-state index in [2.05, 4.69) is 23.6 Å². The molecule has 0 saturated carbocycles. The summed E-state index contributed by atoms with van der Waals surface area (Å²) in [7, 11) is 3.95. The van der Waals surface area contributed by atoms with Crippen LogP contribution in [0.1, 0.15) is 11.4 Å². The number of fused-ring (bicyclic) bond motifs is 1. The van der Waals surface area contributed by atoms with Crippen LogP contribution in [-0.2, 0) is 6.54 Å². The van der Waals surface area contributed by atoms with Gasteiger partial charge in [-0.3, -0.25) is 0 Å². The minimum absolute atomic E-state index is 0.472. The number of aromatic nitrogens is 2. The summed E-state index contributed by atoms with van der Waals surface area (Å²) in [4.78, 5) is 12.3. The SMILES string of the molecule is CN(C)Cc1nc(Oc2ccccc2C#N)c2c(-c3ccccc3)csc2n1. The fourth-order valence-electron chi connectivity index (χ4n) is 2.96. The van der Waals surface area contributed by atoms with Crippen LogP contribution >= 0.6 is 11.3 Å². The van der Waals surface area contributed by atoms with E-state index >= 15 is 0 Å². The van der Waals surface area contributed by atoms with Crippen LogP contribution in [0.5, 0.6) is 11.6 Å². The lowest BCUT2D eigenvalue weighted by Gasteiger charge is -2.12. The van der Waals surface area contributed by atoms with Crippen molar-refractivity contribution in [2.24, 2.45) is 0 Å². The minimum atomic E-state index is 0.472. The summed E-state index contributed by atoms with van der Waals surface area (Å²) in [6.07, 6.45) is 0. The normalized spacial score (nSPS) is 10.9. The molecule has 138 valence electrons. The van der Waals surface area contributed by atoms with E-state index < -0.39 is 0 Å². The molecule has 6 heteroatoms. The zero-order valence-corrected chi connectivity index (χ0v) is 16.4. The average molecular weight is 386 g/mol. The van der Waals surface area contributed by atoms with Gasteiger partial charge in [0.05, 0.1) is 17.5 Å². The number of para-hydroxylation sites is 1. The Morgan fingerprint density at radius 1 is 1.04 bits per heavy atom. The highest BCUT2D eigenvalue weighted by molar-refractivity contribution is 7.17. The van der Waals surface area contributed by atoms with Crippen LogP contribution in [0.15, 0.2) is 60.0 Å². The van der Waals surface area contributed by atoms with E-state index in [1.165, 1.54) is 0 Å². The van der Waals surface area contributed by atoms with Gasteiger partial charge in [0.1, 0.15) is 22.5 Å². The molecule has 5 nitrogen and oxygen atoms in total. The number of ether oxygens (including phenoxy) is 1. The summed E-state index contributed by atoms with van der Waals surface area (Å²) < 4.78 is 6.17. The molecule has 4 aromatic rings. The van der Waals surface area contributed by atoms with Gasteiger partial charge in [-0.1, -0.05) is 42.5 Å². The Hall–Kier alpha value is -3.27. The van der Waals surface area contributed by atoms with E-state index in [0.717, 1.165) is 21.3 Å². The molecule has 2 heterocycles. The van der Waals surface area contributed by atoms with Crippen molar-refractivity contribution in [1.82, 2.24) is 14.9 Å². The molecule has 0 bridgehead atoms. The molecule has 2 aromatic carbocycles. The number of nitrogens with zero attached hydrogens (tertiary/aromatic N) is 4. The number of rotatable bonds is 5. The molecule has 28 heavy (non-hydrogen) atoms. The van der Waals surface area contributed by atoms with E-state index in [4.69, 9.17) is 14.7 Å². The molecule has 0 radical (unpaired) electrons. The van der Waals surface area contributed by atoms with Crippen LogP contribution in [-0.4, -0.2) is 29.0 Å². The number of hydrogen-bond acceptors (Lipinski definition) is 6. The Morgan fingerprint density at radius 2 is 1.79 bits per heavy atom. The maximum Gasteiger partial charge on any atom is 0.232 e. The fourth-order valence-corrected chi connectivity index (χ4v) is 3.92. The van der Waals surface area contributed by atoms with Crippen LogP contribution in [0, 0.1) is 11.3 Å². The molecule has 0 atom stereocenters. The van der Waals surface area contributed by atoms with Crippen molar-refractivity contribution in [3.8, 4) is 28.8 Å². The first-order chi connectivity index (χ1) is 13.7. The predicted molar refractivity (Wildman–Crippen MR) is 111 cm³/mol. The third-order valence-corrected chi connectivity index (χ3v) is 5.08. The maximum absolute atomic E-state index is 9.41. The smallest absolute Gasteiger partial charge is 0.232 e. The third-order valence-electron chi connectivity index (χ3n) is 4.20.